The van der Waals surface area contributed by atoms with Crippen molar-refractivity contribution in [2.75, 3.05) is 0 Å². The first kappa shape index (κ1) is 16.1. The number of benzene rings is 1. The van der Waals surface area contributed by atoms with Crippen LogP contribution < -0.4 is 11.1 Å². The number of hydrogen-bond donors (Lipinski definition) is 4. The average Bonchev–Trinajstić information content (AvgIpc) is 2.35. The summed E-state index contributed by atoms with van der Waals surface area (Å²) in [7, 11) is 0. The summed E-state index contributed by atoms with van der Waals surface area (Å²) in [6, 6.07) is 7.19. The van der Waals surface area contributed by atoms with Crippen LogP contribution in [0.2, 0.25) is 0 Å². The number of rotatable bonds is 7. The van der Waals surface area contributed by atoms with Crippen molar-refractivity contribution in [3.8, 4) is 0 Å². The molecule has 1 unspecified atom stereocenters. The molecule has 2 atom stereocenters. The van der Waals surface area contributed by atoms with E-state index in [-0.39, 0.29) is 12.3 Å². The molecule has 0 aliphatic carbocycles. The lowest BCUT2D eigenvalue weighted by atomic mass is 9.95. The highest BCUT2D eigenvalue weighted by Gasteiger charge is 2.39. The molecule has 20 heavy (non-hydrogen) atoms. The van der Waals surface area contributed by atoms with Gasteiger partial charge in [-0.25, -0.2) is 4.79 Å². The molecule has 6 nitrogen and oxygen atoms in total. The Labute approximate surface area is 117 Å². The van der Waals surface area contributed by atoms with Crippen molar-refractivity contribution in [2.45, 2.75) is 32.0 Å². The highest BCUT2D eigenvalue weighted by molar-refractivity contribution is 5.81. The molecule has 0 heterocycles. The van der Waals surface area contributed by atoms with Crippen LogP contribution in [-0.4, -0.2) is 27.8 Å². The lowest BCUT2D eigenvalue weighted by Gasteiger charge is -2.31. The van der Waals surface area contributed by atoms with Gasteiger partial charge in [-0.2, -0.15) is 0 Å². The first-order valence-electron chi connectivity index (χ1n) is 6.34. The molecule has 0 aromatic heterocycles. The lowest BCUT2D eigenvalue weighted by Crippen LogP contribution is -2.62. The van der Waals surface area contributed by atoms with E-state index in [1.54, 1.807) is 30.3 Å². The second kappa shape index (κ2) is 6.49. The lowest BCUT2D eigenvalue weighted by molar-refractivity contribution is -0.148. The van der Waals surface area contributed by atoms with E-state index in [2.05, 4.69) is 5.32 Å². The molecule has 6 heteroatoms. The summed E-state index contributed by atoms with van der Waals surface area (Å²) in [6.07, 6.45) is 0.124. The number of carbonyl (C=O) groups is 2. The van der Waals surface area contributed by atoms with Crippen LogP contribution in [0.3, 0.4) is 0 Å². The van der Waals surface area contributed by atoms with Crippen molar-refractivity contribution in [3.05, 3.63) is 35.9 Å². The van der Waals surface area contributed by atoms with Gasteiger partial charge >= 0.3 is 11.9 Å². The molecule has 1 aromatic carbocycles. The summed E-state index contributed by atoms with van der Waals surface area (Å²) >= 11 is 0. The zero-order valence-corrected chi connectivity index (χ0v) is 11.5. The minimum atomic E-state index is -1.78. The molecule has 0 amide bonds. The van der Waals surface area contributed by atoms with Gasteiger partial charge in [-0.1, -0.05) is 44.2 Å². The first-order valence-corrected chi connectivity index (χ1v) is 6.34. The van der Waals surface area contributed by atoms with E-state index in [4.69, 9.17) is 5.73 Å². The molecule has 5 N–H and O–H groups in total. The van der Waals surface area contributed by atoms with E-state index in [9.17, 15) is 19.8 Å². The summed E-state index contributed by atoms with van der Waals surface area (Å²) < 4.78 is 0. The Kier molecular flexibility index (Phi) is 5.24. The summed E-state index contributed by atoms with van der Waals surface area (Å²) in [5, 5.41) is 21.1. The SMILES string of the molecule is CC(C)C[C@@](N)(NC(C(=O)O)c1ccccc1)C(=O)O. The highest BCUT2D eigenvalue weighted by Crippen LogP contribution is 2.20. The second-order valence-electron chi connectivity index (χ2n) is 5.20. The van der Waals surface area contributed by atoms with Gasteiger partial charge in [-0.05, 0) is 17.9 Å². The van der Waals surface area contributed by atoms with Gasteiger partial charge in [0, 0.05) is 0 Å². The second-order valence-corrected chi connectivity index (χ2v) is 5.20. The third-order valence-corrected chi connectivity index (χ3v) is 2.89. The van der Waals surface area contributed by atoms with Gasteiger partial charge in [0.15, 0.2) is 5.66 Å². The molecule has 1 aromatic rings. The molecule has 0 radical (unpaired) electrons. The molecule has 0 fully saturated rings. The van der Waals surface area contributed by atoms with Crippen LogP contribution in [0.5, 0.6) is 0 Å². The van der Waals surface area contributed by atoms with Crippen molar-refractivity contribution in [1.29, 1.82) is 0 Å². The van der Waals surface area contributed by atoms with Crippen molar-refractivity contribution < 1.29 is 19.8 Å². The van der Waals surface area contributed by atoms with E-state index in [1.165, 1.54) is 0 Å². The number of nitrogens with one attached hydrogen (secondary N) is 1. The van der Waals surface area contributed by atoms with Crippen molar-refractivity contribution >= 4 is 11.9 Å². The first-order chi connectivity index (χ1) is 9.26. The highest BCUT2D eigenvalue weighted by atomic mass is 16.4. The largest absolute Gasteiger partial charge is 0.480 e. The van der Waals surface area contributed by atoms with Crippen LogP contribution in [0.1, 0.15) is 31.9 Å². The summed E-state index contributed by atoms with van der Waals surface area (Å²) in [5.41, 5.74) is 4.52. The molecular weight excluding hydrogens is 260 g/mol. The van der Waals surface area contributed by atoms with E-state index in [0.717, 1.165) is 0 Å². The quantitative estimate of drug-likeness (QED) is 0.558. The maximum Gasteiger partial charge on any atom is 0.338 e. The number of carboxylic acid groups (broad SMARTS) is 2. The van der Waals surface area contributed by atoms with Crippen LogP contribution in [0, 0.1) is 5.92 Å². The van der Waals surface area contributed by atoms with Crippen LogP contribution in [0.25, 0.3) is 0 Å². The van der Waals surface area contributed by atoms with Gasteiger partial charge in [0.05, 0.1) is 0 Å². The number of nitrogens with two attached hydrogens (primary N) is 1. The Hall–Kier alpha value is -1.92. The Bertz CT molecular complexity index is 475. The van der Waals surface area contributed by atoms with Crippen LogP contribution in [0.4, 0.5) is 0 Å². The van der Waals surface area contributed by atoms with Crippen LogP contribution >= 0.6 is 0 Å². The number of aliphatic carboxylic acids is 2. The fourth-order valence-corrected chi connectivity index (χ4v) is 2.04. The maximum absolute atomic E-state index is 11.4. The third kappa shape index (κ3) is 4.04. The summed E-state index contributed by atoms with van der Waals surface area (Å²) in [5.74, 6) is -2.43. The van der Waals surface area contributed by atoms with Gasteiger partial charge in [0.25, 0.3) is 0 Å². The van der Waals surface area contributed by atoms with Gasteiger partial charge in [0.2, 0.25) is 0 Å². The Morgan fingerprint density at radius 2 is 1.80 bits per heavy atom. The zero-order chi connectivity index (χ0) is 15.3. The van der Waals surface area contributed by atoms with Gasteiger partial charge < -0.3 is 15.9 Å². The Morgan fingerprint density at radius 1 is 1.25 bits per heavy atom. The smallest absolute Gasteiger partial charge is 0.338 e. The molecule has 0 aliphatic rings. The predicted octanol–water partition coefficient (Wildman–Crippen LogP) is 1.19. The van der Waals surface area contributed by atoms with Gasteiger partial charge in [0.1, 0.15) is 6.04 Å². The van der Waals surface area contributed by atoms with E-state index < -0.39 is 23.6 Å². The summed E-state index contributed by atoms with van der Waals surface area (Å²) in [6.45, 7) is 3.65. The van der Waals surface area contributed by atoms with Crippen molar-refractivity contribution in [2.24, 2.45) is 11.7 Å². The minimum absolute atomic E-state index is 0.00817. The predicted molar refractivity (Wildman–Crippen MR) is 74.0 cm³/mol. The molecule has 0 saturated heterocycles. The average molecular weight is 280 g/mol. The topological polar surface area (TPSA) is 113 Å². The van der Waals surface area contributed by atoms with Gasteiger partial charge in [-0.15, -0.1) is 0 Å². The van der Waals surface area contributed by atoms with E-state index in [0.29, 0.717) is 5.56 Å². The minimum Gasteiger partial charge on any atom is -0.480 e. The fraction of sp³-hybridized carbons (Fsp3) is 0.429. The third-order valence-electron chi connectivity index (χ3n) is 2.89. The van der Waals surface area contributed by atoms with Gasteiger partial charge in [-0.3, -0.25) is 10.1 Å². The van der Waals surface area contributed by atoms with Crippen molar-refractivity contribution in [3.63, 3.8) is 0 Å². The molecule has 0 saturated carbocycles. The van der Waals surface area contributed by atoms with Crippen LogP contribution in [0.15, 0.2) is 30.3 Å². The molecule has 0 aliphatic heterocycles. The Morgan fingerprint density at radius 3 is 2.20 bits per heavy atom. The molecular formula is C14H20N2O4. The van der Waals surface area contributed by atoms with Crippen molar-refractivity contribution in [1.82, 2.24) is 5.32 Å². The number of hydrogen-bond acceptors (Lipinski definition) is 4. The molecule has 0 spiro atoms. The standard InChI is InChI=1S/C14H20N2O4/c1-9(2)8-14(15,13(19)20)16-11(12(17)18)10-6-4-3-5-7-10/h3-7,9,11,16H,8,15H2,1-2H3,(H,17,18)(H,19,20)/t11?,14-/m1/s1. The molecule has 0 bridgehead atoms. The maximum atomic E-state index is 11.4. The monoisotopic (exact) mass is 280 g/mol. The fourth-order valence-electron chi connectivity index (χ4n) is 2.04. The number of carboxylic acids is 2. The molecule has 110 valence electrons. The normalized spacial score (nSPS) is 15.6. The van der Waals surface area contributed by atoms with E-state index in [1.807, 2.05) is 13.8 Å². The Balaban J connectivity index is 3.05. The summed E-state index contributed by atoms with van der Waals surface area (Å²) in [4.78, 5) is 22.7. The molecule has 1 rings (SSSR count). The zero-order valence-electron chi connectivity index (χ0n) is 11.5. The van der Waals surface area contributed by atoms with E-state index >= 15 is 0 Å². The van der Waals surface area contributed by atoms with Crippen LogP contribution in [-0.2, 0) is 9.59 Å².